The number of hydrogen-bond acceptors (Lipinski definition) is 16. The number of rotatable bonds is 7. The lowest BCUT2D eigenvalue weighted by Gasteiger charge is -2.50. The summed E-state index contributed by atoms with van der Waals surface area (Å²) in [6.07, 6.45) is 2.09. The molecule has 2 amide bonds. The maximum atomic E-state index is 14.1. The molecule has 2 aromatic carbocycles. The maximum absolute atomic E-state index is 14.1. The third kappa shape index (κ3) is 6.81. The second kappa shape index (κ2) is 16.8. The number of carbonyl (C=O) groups is 6. The molecule has 0 aromatic heterocycles. The van der Waals surface area contributed by atoms with Crippen molar-refractivity contribution in [1.29, 1.82) is 0 Å². The summed E-state index contributed by atoms with van der Waals surface area (Å²) in [5, 5.41) is 90.6. The smallest absolute Gasteiger partial charge is 0.255 e. The standard InChI is InChI=1S/C50H50N4O14/c1-53(2)37-27-19-23-17-25-21(13-15-29(55)33(25)39(57)31(23)43(61)49(27,67)45(63)35(41(37)59)47(51)65)11-9-7-5-6-8-10-12-22-14-16-30(56)34-26(22)18-24-20-28-38(54(3)4)42(60)36(48(52)66)46(64)50(28,68)44(62)32(24)40(34)58/h13-16,23-24,27-28,37-38,55-56,59-62,67-68H,5-8,17-20H2,1-4H3,(H2,51,65)(H2,52,66)/t23-,24-,27-,28-,37-,38-,49-,50-/m1/s1. The maximum Gasteiger partial charge on any atom is 0.255 e. The first-order valence-electron chi connectivity index (χ1n) is 22.0. The summed E-state index contributed by atoms with van der Waals surface area (Å²) >= 11 is 0. The quantitative estimate of drug-likeness (QED) is 0.107. The Morgan fingerprint density at radius 2 is 0.971 bits per heavy atom. The minimum atomic E-state index is -2.75. The Bertz CT molecular complexity index is 2760. The second-order valence-electron chi connectivity index (χ2n) is 18.7. The van der Waals surface area contributed by atoms with Crippen LogP contribution in [0.15, 0.2) is 69.6 Å². The van der Waals surface area contributed by atoms with Gasteiger partial charge in [0.05, 0.1) is 23.2 Å². The topological polar surface area (TPSA) is 323 Å². The lowest BCUT2D eigenvalue weighted by molar-refractivity contribution is -0.149. The van der Waals surface area contributed by atoms with Gasteiger partial charge in [0, 0.05) is 47.0 Å². The van der Waals surface area contributed by atoms with Crippen LogP contribution in [0.3, 0.4) is 0 Å². The van der Waals surface area contributed by atoms with Crippen LogP contribution in [-0.2, 0) is 32.0 Å². The monoisotopic (exact) mass is 930 g/mol. The lowest BCUT2D eigenvalue weighted by Crippen LogP contribution is -2.63. The van der Waals surface area contributed by atoms with E-state index in [-0.39, 0.29) is 48.0 Å². The highest BCUT2D eigenvalue weighted by molar-refractivity contribution is 6.26. The van der Waals surface area contributed by atoms with Crippen molar-refractivity contribution < 1.29 is 69.6 Å². The van der Waals surface area contributed by atoms with Gasteiger partial charge >= 0.3 is 0 Å². The number of fused-ring (bicyclic) bond motifs is 6. The van der Waals surface area contributed by atoms with Crippen LogP contribution in [0.5, 0.6) is 11.5 Å². The fourth-order valence-corrected chi connectivity index (χ4v) is 11.5. The number of likely N-dealkylation sites (N-methyl/N-ethyl adjacent to an activating group) is 2. The van der Waals surface area contributed by atoms with Crippen LogP contribution in [0.1, 0.15) is 81.5 Å². The summed E-state index contributed by atoms with van der Waals surface area (Å²) in [6, 6.07) is 3.48. The summed E-state index contributed by atoms with van der Waals surface area (Å²) in [5.41, 5.74) is 4.46. The molecule has 0 spiro atoms. The van der Waals surface area contributed by atoms with Crippen LogP contribution >= 0.6 is 0 Å². The number of unbranched alkanes of at least 4 members (excludes halogenated alkanes) is 3. The summed E-state index contributed by atoms with van der Waals surface area (Å²) in [4.78, 5) is 82.7. The van der Waals surface area contributed by atoms with Crippen LogP contribution < -0.4 is 11.5 Å². The molecule has 8 atom stereocenters. The minimum absolute atomic E-state index is 0.0609. The molecule has 0 radical (unpaired) electrons. The fourth-order valence-electron chi connectivity index (χ4n) is 11.5. The zero-order valence-electron chi connectivity index (χ0n) is 37.5. The zero-order valence-corrected chi connectivity index (χ0v) is 37.5. The first kappa shape index (κ1) is 47.3. The Hall–Kier alpha value is -7.22. The number of phenols is 2. The number of allylic oxidation sites excluding steroid dienone is 2. The van der Waals surface area contributed by atoms with E-state index in [2.05, 4.69) is 23.7 Å². The molecule has 12 N–H and O–H groups in total. The van der Waals surface area contributed by atoms with Gasteiger partial charge in [0.15, 0.2) is 22.8 Å². The first-order valence-corrected chi connectivity index (χ1v) is 22.0. The zero-order chi connectivity index (χ0) is 49.6. The molecular formula is C50H50N4O14. The van der Waals surface area contributed by atoms with Gasteiger partial charge in [-0.3, -0.25) is 38.6 Å². The van der Waals surface area contributed by atoms with E-state index in [0.29, 0.717) is 47.9 Å². The van der Waals surface area contributed by atoms with E-state index in [1.54, 1.807) is 40.3 Å². The van der Waals surface area contributed by atoms with Crippen molar-refractivity contribution in [2.75, 3.05) is 28.2 Å². The molecule has 18 nitrogen and oxygen atoms in total. The average Bonchev–Trinajstić information content (AvgIpc) is 3.25. The lowest BCUT2D eigenvalue weighted by atomic mass is 9.58. The number of aromatic hydroxyl groups is 2. The molecule has 6 aliphatic rings. The third-order valence-corrected chi connectivity index (χ3v) is 14.5. The first-order chi connectivity index (χ1) is 32.0. The van der Waals surface area contributed by atoms with Gasteiger partial charge in [-0.1, -0.05) is 23.7 Å². The summed E-state index contributed by atoms with van der Waals surface area (Å²) in [7, 11) is 6.21. The van der Waals surface area contributed by atoms with Crippen molar-refractivity contribution in [2.45, 2.75) is 74.7 Å². The molecule has 354 valence electrons. The number of Topliss-reactive ketones (excluding diaryl/α,β-unsaturated/α-hetero) is 4. The number of primary amides is 2. The Balaban J connectivity index is 0.980. The largest absolute Gasteiger partial charge is 0.510 e. The predicted molar refractivity (Wildman–Crippen MR) is 240 cm³/mol. The van der Waals surface area contributed by atoms with Gasteiger partial charge < -0.3 is 52.3 Å². The van der Waals surface area contributed by atoms with E-state index in [1.165, 1.54) is 21.9 Å². The van der Waals surface area contributed by atoms with Gasteiger partial charge in [0.1, 0.15) is 45.7 Å². The molecule has 6 aliphatic carbocycles. The number of nitrogens with zero attached hydrogens (tertiary/aromatic N) is 2. The van der Waals surface area contributed by atoms with E-state index in [0.717, 1.165) is 0 Å². The van der Waals surface area contributed by atoms with E-state index < -0.39 is 128 Å². The Kier molecular flexibility index (Phi) is 11.7. The molecule has 0 heterocycles. The van der Waals surface area contributed by atoms with Crippen LogP contribution in [-0.4, -0.2) is 137 Å². The number of aliphatic hydroxyl groups is 6. The molecule has 0 saturated heterocycles. The summed E-state index contributed by atoms with van der Waals surface area (Å²) in [5.74, 6) is -2.36. The van der Waals surface area contributed by atoms with Gasteiger partial charge in [-0.05, 0) is 114 Å². The molecule has 2 aromatic rings. The molecule has 0 unspecified atom stereocenters. The van der Waals surface area contributed by atoms with Gasteiger partial charge in [-0.25, -0.2) is 0 Å². The van der Waals surface area contributed by atoms with E-state index in [4.69, 9.17) is 11.5 Å². The molecule has 18 heteroatoms. The van der Waals surface area contributed by atoms with Crippen LogP contribution in [0.4, 0.5) is 0 Å². The number of benzene rings is 2. The number of carbonyl (C=O) groups excluding carboxylic acids is 6. The molecule has 0 saturated carbocycles. The number of phenolic OH excluding ortho intramolecular Hbond substituents is 2. The number of hydrogen-bond donors (Lipinski definition) is 10. The highest BCUT2D eigenvalue weighted by Crippen LogP contribution is 2.54. The van der Waals surface area contributed by atoms with Crippen molar-refractivity contribution in [3.05, 3.63) is 103 Å². The van der Waals surface area contributed by atoms with Crippen molar-refractivity contribution in [2.24, 2.45) is 35.1 Å². The van der Waals surface area contributed by atoms with E-state index >= 15 is 0 Å². The number of amides is 2. The van der Waals surface area contributed by atoms with Gasteiger partial charge in [0.25, 0.3) is 11.8 Å². The molecule has 8 rings (SSSR count). The summed E-state index contributed by atoms with van der Waals surface area (Å²) < 4.78 is 0. The van der Waals surface area contributed by atoms with Crippen molar-refractivity contribution in [1.82, 2.24) is 9.80 Å². The van der Waals surface area contributed by atoms with Crippen molar-refractivity contribution in [3.8, 4) is 35.2 Å². The van der Waals surface area contributed by atoms with E-state index in [1.807, 2.05) is 0 Å². The highest BCUT2D eigenvalue weighted by atomic mass is 16.4. The molecule has 0 bridgehead atoms. The number of nitrogens with two attached hydrogens (primary N) is 2. The summed E-state index contributed by atoms with van der Waals surface area (Å²) in [6.45, 7) is 0. The van der Waals surface area contributed by atoms with Crippen LogP contribution in [0.25, 0.3) is 0 Å². The van der Waals surface area contributed by atoms with Gasteiger partial charge in [0.2, 0.25) is 11.6 Å². The molecule has 0 aliphatic heterocycles. The fraction of sp³-hybridized carbons (Fsp3) is 0.400. The molecule has 0 fully saturated rings. The predicted octanol–water partition coefficient (Wildman–Crippen LogP) is 1.52. The Labute approximate surface area is 389 Å². The molecular weight excluding hydrogens is 881 g/mol. The van der Waals surface area contributed by atoms with Crippen molar-refractivity contribution in [3.63, 3.8) is 0 Å². The Morgan fingerprint density at radius 1 is 0.618 bits per heavy atom. The van der Waals surface area contributed by atoms with Crippen molar-refractivity contribution >= 4 is 34.9 Å². The van der Waals surface area contributed by atoms with E-state index in [9.17, 15) is 69.6 Å². The number of ketones is 4. The third-order valence-electron chi connectivity index (χ3n) is 14.5. The Morgan fingerprint density at radius 3 is 1.29 bits per heavy atom. The molecule has 68 heavy (non-hydrogen) atoms. The SMILES string of the molecule is CN(C)[C@H]1C(O)=C(C(N)=O)C(=O)[C@]2(O)C(O)=C3C(=O)c4c(O)ccc(C#CCCCCC#Cc5ccc(O)c6c5C[C@@H]5C[C@@H]7[C@@H](N(C)C)C(O)=C(C(N)=O)C(=O)[C@]7(O)C(O)=C5C6=O)c4C[C@@H]3C[C@H]12. The van der Waals surface area contributed by atoms with Crippen LogP contribution in [0.2, 0.25) is 0 Å². The van der Waals surface area contributed by atoms with Crippen LogP contribution in [0, 0.1) is 47.4 Å². The number of aliphatic hydroxyl groups excluding tert-OH is 4. The average molecular weight is 931 g/mol. The normalized spacial score (nSPS) is 28.5. The van der Waals surface area contributed by atoms with Gasteiger partial charge in [-0.15, -0.1) is 0 Å². The highest BCUT2D eigenvalue weighted by Gasteiger charge is 2.65. The minimum Gasteiger partial charge on any atom is -0.510 e. The second-order valence-corrected chi connectivity index (χ2v) is 18.7. The van der Waals surface area contributed by atoms with Gasteiger partial charge in [-0.2, -0.15) is 0 Å².